The van der Waals surface area contributed by atoms with Gasteiger partial charge in [0.25, 0.3) is 0 Å². The van der Waals surface area contributed by atoms with E-state index >= 15 is 0 Å². The zero-order chi connectivity index (χ0) is 18.7. The van der Waals surface area contributed by atoms with Crippen LogP contribution in [0.1, 0.15) is 5.56 Å². The number of halogens is 3. The standard InChI is InChI=1S/C16H17F3N4O3/c1-25-12-5-10(4-11(6-12)16(17,18)19)15-21-9-23(22-15)3-2-14(24)26-13-7-20-8-13/h2-6,9,13-14,20,24H,7-8H2,1H3. The molecule has 1 aromatic heterocycles. The van der Waals surface area contributed by atoms with Crippen LogP contribution in [0.5, 0.6) is 5.75 Å². The summed E-state index contributed by atoms with van der Waals surface area (Å²) < 4.78 is 50.5. The summed E-state index contributed by atoms with van der Waals surface area (Å²) in [7, 11) is 1.28. The largest absolute Gasteiger partial charge is 0.497 e. The minimum Gasteiger partial charge on any atom is -0.497 e. The second-order valence-corrected chi connectivity index (χ2v) is 5.64. The molecule has 0 bridgehead atoms. The molecule has 1 fully saturated rings. The number of alkyl halides is 3. The average Bonchev–Trinajstić information content (AvgIpc) is 3.04. The lowest BCUT2D eigenvalue weighted by atomic mass is 10.1. The Hall–Kier alpha value is -2.43. The van der Waals surface area contributed by atoms with Gasteiger partial charge in [0.1, 0.15) is 12.1 Å². The van der Waals surface area contributed by atoms with E-state index in [1.165, 1.54) is 36.5 Å². The zero-order valence-electron chi connectivity index (χ0n) is 13.8. The van der Waals surface area contributed by atoms with E-state index in [0.29, 0.717) is 13.1 Å². The predicted octanol–water partition coefficient (Wildman–Crippen LogP) is 1.75. The Morgan fingerprint density at radius 1 is 1.35 bits per heavy atom. The van der Waals surface area contributed by atoms with Crippen LogP contribution in [-0.2, 0) is 10.9 Å². The van der Waals surface area contributed by atoms with Crippen molar-refractivity contribution in [3.63, 3.8) is 0 Å². The maximum atomic E-state index is 13.0. The zero-order valence-corrected chi connectivity index (χ0v) is 13.8. The molecule has 0 saturated carbocycles. The van der Waals surface area contributed by atoms with Crippen LogP contribution in [0.3, 0.4) is 0 Å². The third-order valence-corrected chi connectivity index (χ3v) is 3.72. The van der Waals surface area contributed by atoms with E-state index in [1.54, 1.807) is 0 Å². The molecule has 1 aliphatic rings. The predicted molar refractivity (Wildman–Crippen MR) is 86.1 cm³/mol. The highest BCUT2D eigenvalue weighted by atomic mass is 19.4. The lowest BCUT2D eigenvalue weighted by Crippen LogP contribution is -2.49. The molecule has 1 atom stereocenters. The van der Waals surface area contributed by atoms with Crippen molar-refractivity contribution in [2.24, 2.45) is 0 Å². The van der Waals surface area contributed by atoms with Gasteiger partial charge in [-0.05, 0) is 24.3 Å². The van der Waals surface area contributed by atoms with Crippen molar-refractivity contribution in [1.29, 1.82) is 0 Å². The molecule has 2 N–H and O–H groups in total. The summed E-state index contributed by atoms with van der Waals surface area (Å²) in [5.41, 5.74) is -0.683. The number of aliphatic hydroxyl groups excluding tert-OH is 1. The third kappa shape index (κ3) is 4.40. The maximum absolute atomic E-state index is 13.0. The highest BCUT2D eigenvalue weighted by Gasteiger charge is 2.31. The Kier molecular flexibility index (Phi) is 5.25. The molecular formula is C16H17F3N4O3. The highest BCUT2D eigenvalue weighted by molar-refractivity contribution is 5.59. The first-order valence-electron chi connectivity index (χ1n) is 7.75. The van der Waals surface area contributed by atoms with E-state index in [9.17, 15) is 18.3 Å². The van der Waals surface area contributed by atoms with E-state index in [1.807, 2.05) is 0 Å². The van der Waals surface area contributed by atoms with Crippen molar-refractivity contribution in [2.45, 2.75) is 18.6 Å². The molecule has 0 spiro atoms. The Morgan fingerprint density at radius 2 is 2.12 bits per heavy atom. The van der Waals surface area contributed by atoms with Gasteiger partial charge in [-0.1, -0.05) is 0 Å². The molecule has 140 valence electrons. The Labute approximate surface area is 147 Å². The Bertz CT molecular complexity index is 787. The van der Waals surface area contributed by atoms with Crippen LogP contribution in [0, 0.1) is 0 Å². The number of hydrogen-bond donors (Lipinski definition) is 2. The SMILES string of the molecule is COc1cc(-c2ncn(C=CC(O)OC3CNC3)n2)cc(C(F)(F)F)c1. The first-order valence-corrected chi connectivity index (χ1v) is 7.75. The van der Waals surface area contributed by atoms with Crippen LogP contribution >= 0.6 is 0 Å². The molecule has 1 saturated heterocycles. The molecule has 3 rings (SSSR count). The van der Waals surface area contributed by atoms with E-state index in [-0.39, 0.29) is 23.2 Å². The molecule has 0 amide bonds. The summed E-state index contributed by atoms with van der Waals surface area (Å²) in [6.45, 7) is 1.35. The van der Waals surface area contributed by atoms with Crippen molar-refractivity contribution in [1.82, 2.24) is 20.1 Å². The number of benzene rings is 1. The summed E-state index contributed by atoms with van der Waals surface area (Å²) in [5.74, 6) is 0.150. The second kappa shape index (κ2) is 7.44. The summed E-state index contributed by atoms with van der Waals surface area (Å²) in [6.07, 6.45) is -1.57. The van der Waals surface area contributed by atoms with Crippen LogP contribution < -0.4 is 10.1 Å². The number of ether oxygens (including phenoxy) is 2. The molecule has 2 aromatic rings. The molecule has 1 aromatic carbocycles. The van der Waals surface area contributed by atoms with Gasteiger partial charge >= 0.3 is 6.18 Å². The summed E-state index contributed by atoms with van der Waals surface area (Å²) in [6, 6.07) is 3.27. The van der Waals surface area contributed by atoms with Gasteiger partial charge in [-0.2, -0.15) is 13.2 Å². The number of methoxy groups -OCH3 is 1. The fourth-order valence-corrected chi connectivity index (χ4v) is 2.25. The van der Waals surface area contributed by atoms with E-state index < -0.39 is 18.0 Å². The first-order chi connectivity index (χ1) is 12.3. The summed E-state index contributed by atoms with van der Waals surface area (Å²) in [5, 5.41) is 16.8. The van der Waals surface area contributed by atoms with Crippen LogP contribution in [0.2, 0.25) is 0 Å². The van der Waals surface area contributed by atoms with Crippen LogP contribution in [0.4, 0.5) is 13.2 Å². The van der Waals surface area contributed by atoms with Gasteiger partial charge in [-0.15, -0.1) is 5.10 Å². The lowest BCUT2D eigenvalue weighted by Gasteiger charge is -2.28. The monoisotopic (exact) mass is 370 g/mol. The highest BCUT2D eigenvalue weighted by Crippen LogP contribution is 2.34. The molecule has 0 radical (unpaired) electrons. The number of rotatable bonds is 6. The van der Waals surface area contributed by atoms with Crippen molar-refractivity contribution in [3.05, 3.63) is 36.2 Å². The number of nitrogens with zero attached hydrogens (tertiary/aromatic N) is 3. The molecule has 1 aliphatic heterocycles. The number of hydrogen-bond acceptors (Lipinski definition) is 6. The van der Waals surface area contributed by atoms with Crippen molar-refractivity contribution >= 4 is 6.20 Å². The minimum atomic E-state index is -4.51. The van der Waals surface area contributed by atoms with Crippen LogP contribution in [0.15, 0.2) is 30.6 Å². The molecular weight excluding hydrogens is 353 g/mol. The number of aliphatic hydroxyl groups is 1. The fraction of sp³-hybridized carbons (Fsp3) is 0.375. The lowest BCUT2D eigenvalue weighted by molar-refractivity contribution is -0.137. The van der Waals surface area contributed by atoms with Gasteiger partial charge in [0.05, 0.1) is 18.8 Å². The molecule has 10 heteroatoms. The van der Waals surface area contributed by atoms with Gasteiger partial charge in [0.15, 0.2) is 12.1 Å². The topological polar surface area (TPSA) is 81.4 Å². The average molecular weight is 370 g/mol. The minimum absolute atomic E-state index is 0.0430. The van der Waals surface area contributed by atoms with Crippen LogP contribution in [0.25, 0.3) is 17.6 Å². The molecule has 26 heavy (non-hydrogen) atoms. The molecule has 1 unspecified atom stereocenters. The Balaban J connectivity index is 1.76. The van der Waals surface area contributed by atoms with Gasteiger partial charge in [0.2, 0.25) is 0 Å². The molecule has 0 aliphatic carbocycles. The van der Waals surface area contributed by atoms with Crippen LogP contribution in [-0.4, -0.2) is 52.5 Å². The molecule has 2 heterocycles. The second-order valence-electron chi connectivity index (χ2n) is 5.64. The fourth-order valence-electron chi connectivity index (χ4n) is 2.25. The smallest absolute Gasteiger partial charge is 0.416 e. The normalized spacial score (nSPS) is 16.7. The van der Waals surface area contributed by atoms with Gasteiger partial charge in [-0.3, -0.25) is 0 Å². The summed E-state index contributed by atoms with van der Waals surface area (Å²) in [4.78, 5) is 4.00. The number of nitrogens with one attached hydrogen (secondary N) is 1. The number of aromatic nitrogens is 3. The van der Waals surface area contributed by atoms with Crippen molar-refractivity contribution in [2.75, 3.05) is 20.2 Å². The van der Waals surface area contributed by atoms with Crippen molar-refractivity contribution < 1.29 is 27.8 Å². The molecule has 7 nitrogen and oxygen atoms in total. The Morgan fingerprint density at radius 3 is 2.73 bits per heavy atom. The van der Waals surface area contributed by atoms with E-state index in [2.05, 4.69) is 15.4 Å². The quantitative estimate of drug-likeness (QED) is 0.754. The van der Waals surface area contributed by atoms with Gasteiger partial charge in [0, 0.05) is 24.9 Å². The van der Waals surface area contributed by atoms with E-state index in [4.69, 9.17) is 9.47 Å². The third-order valence-electron chi connectivity index (χ3n) is 3.72. The van der Waals surface area contributed by atoms with Crippen molar-refractivity contribution in [3.8, 4) is 17.1 Å². The first kappa shape index (κ1) is 18.4. The van der Waals surface area contributed by atoms with E-state index in [0.717, 1.165) is 12.1 Å². The van der Waals surface area contributed by atoms with Gasteiger partial charge in [-0.25, -0.2) is 9.67 Å². The van der Waals surface area contributed by atoms with Gasteiger partial charge < -0.3 is 19.9 Å². The maximum Gasteiger partial charge on any atom is 0.416 e. The summed E-state index contributed by atoms with van der Waals surface area (Å²) >= 11 is 0.